The Kier molecular flexibility index (Phi) is 10.5. The molecule has 48 heavy (non-hydrogen) atoms. The van der Waals surface area contributed by atoms with E-state index in [1.54, 1.807) is 38.1 Å². The molecule has 3 aromatic carbocycles. The van der Waals surface area contributed by atoms with Gasteiger partial charge in [-0.15, -0.1) is 10.2 Å². The number of rotatable bonds is 12. The van der Waals surface area contributed by atoms with Crippen molar-refractivity contribution in [2.24, 2.45) is 5.92 Å². The van der Waals surface area contributed by atoms with Crippen molar-refractivity contribution >= 4 is 23.5 Å². The molecule has 0 spiro atoms. The van der Waals surface area contributed by atoms with Gasteiger partial charge in [0.25, 0.3) is 11.4 Å². The highest BCUT2D eigenvalue weighted by atomic mass is 19.1. The summed E-state index contributed by atoms with van der Waals surface area (Å²) >= 11 is 0. The summed E-state index contributed by atoms with van der Waals surface area (Å²) < 4.78 is 25.6. The van der Waals surface area contributed by atoms with Crippen molar-refractivity contribution in [3.8, 4) is 11.4 Å². The Balaban J connectivity index is 1.34. The first-order valence-electron chi connectivity index (χ1n) is 15.1. The van der Waals surface area contributed by atoms with E-state index in [0.717, 1.165) is 27.5 Å². The first-order chi connectivity index (χ1) is 23.1. The number of halogens is 1. The number of carbonyl (C=O) groups is 3. The molecular weight excluding hydrogens is 619 g/mol. The third-order valence-electron chi connectivity index (χ3n) is 7.28. The third-order valence-corrected chi connectivity index (χ3v) is 7.28. The Labute approximate surface area is 275 Å². The molecule has 2 heterocycles. The zero-order valence-electron chi connectivity index (χ0n) is 26.5. The van der Waals surface area contributed by atoms with Crippen LogP contribution in [0.25, 0.3) is 11.4 Å². The maximum absolute atomic E-state index is 13.7. The second kappa shape index (κ2) is 15.1. The summed E-state index contributed by atoms with van der Waals surface area (Å²) in [6, 6.07) is 20.8. The smallest absolute Gasteiger partial charge is 0.412 e. The van der Waals surface area contributed by atoms with E-state index in [1.807, 2.05) is 37.3 Å². The minimum Gasteiger partial charge on any atom is -0.444 e. The van der Waals surface area contributed by atoms with Crippen molar-refractivity contribution in [1.82, 2.24) is 25.1 Å². The lowest BCUT2D eigenvalue weighted by molar-refractivity contribution is -0.122. The van der Waals surface area contributed by atoms with E-state index in [4.69, 9.17) is 9.15 Å². The maximum atomic E-state index is 13.7. The lowest BCUT2D eigenvalue weighted by Gasteiger charge is -2.20. The van der Waals surface area contributed by atoms with Crippen molar-refractivity contribution in [3.05, 3.63) is 130 Å². The van der Waals surface area contributed by atoms with Gasteiger partial charge in [-0.1, -0.05) is 74.0 Å². The highest BCUT2D eigenvalue weighted by Crippen LogP contribution is 2.19. The van der Waals surface area contributed by atoms with Gasteiger partial charge >= 0.3 is 6.09 Å². The van der Waals surface area contributed by atoms with Crippen LogP contribution in [0, 0.1) is 18.7 Å². The van der Waals surface area contributed by atoms with Crippen LogP contribution in [0.3, 0.4) is 0 Å². The maximum Gasteiger partial charge on any atom is 0.412 e. The van der Waals surface area contributed by atoms with Gasteiger partial charge in [0.1, 0.15) is 30.5 Å². The predicted octanol–water partition coefficient (Wildman–Crippen LogP) is 5.10. The lowest BCUT2D eigenvalue weighted by Crippen LogP contribution is -2.46. The van der Waals surface area contributed by atoms with Gasteiger partial charge in [-0.25, -0.2) is 14.2 Å². The van der Waals surface area contributed by atoms with Crippen molar-refractivity contribution in [2.75, 3.05) is 5.32 Å². The average molecular weight is 653 g/mol. The van der Waals surface area contributed by atoms with Gasteiger partial charge in [-0.05, 0) is 48.2 Å². The van der Waals surface area contributed by atoms with Gasteiger partial charge in [-0.2, -0.15) is 0 Å². The molecule has 5 rings (SSSR count). The minimum atomic E-state index is -1.07. The highest BCUT2D eigenvalue weighted by molar-refractivity contribution is 5.98. The fraction of sp³-hybridized carbons (Fsp3) is 0.229. The summed E-state index contributed by atoms with van der Waals surface area (Å²) in [6.45, 7) is 4.80. The number of amides is 2. The van der Waals surface area contributed by atoms with Gasteiger partial charge < -0.3 is 14.5 Å². The second-order valence-electron chi connectivity index (χ2n) is 11.4. The molecule has 0 saturated carbocycles. The molecule has 2 N–H and O–H groups in total. The summed E-state index contributed by atoms with van der Waals surface area (Å²) in [7, 11) is 0. The van der Waals surface area contributed by atoms with E-state index in [1.165, 1.54) is 24.3 Å². The van der Waals surface area contributed by atoms with Crippen molar-refractivity contribution < 1.29 is 27.9 Å². The molecule has 0 aliphatic carbocycles. The molecule has 0 fully saturated rings. The van der Waals surface area contributed by atoms with Gasteiger partial charge in [-0.3, -0.25) is 24.3 Å². The molecule has 12 nitrogen and oxygen atoms in total. The van der Waals surface area contributed by atoms with Gasteiger partial charge in [0.15, 0.2) is 0 Å². The van der Waals surface area contributed by atoms with Crippen molar-refractivity contribution in [2.45, 2.75) is 46.4 Å². The molecule has 5 aromatic rings. The van der Waals surface area contributed by atoms with Crippen LogP contribution in [0.5, 0.6) is 0 Å². The largest absolute Gasteiger partial charge is 0.444 e. The molecular formula is C35H33FN6O6. The van der Waals surface area contributed by atoms with E-state index in [2.05, 4.69) is 25.8 Å². The summed E-state index contributed by atoms with van der Waals surface area (Å²) in [5.74, 6) is -2.20. The van der Waals surface area contributed by atoms with Crippen molar-refractivity contribution in [3.63, 3.8) is 0 Å². The highest BCUT2D eigenvalue weighted by Gasteiger charge is 2.30. The molecule has 0 radical (unpaired) electrons. The van der Waals surface area contributed by atoms with Crippen LogP contribution >= 0.6 is 0 Å². The van der Waals surface area contributed by atoms with Crippen LogP contribution in [-0.4, -0.2) is 43.6 Å². The van der Waals surface area contributed by atoms with E-state index in [9.17, 15) is 23.6 Å². The Morgan fingerprint density at radius 3 is 2.40 bits per heavy atom. The molecule has 0 aliphatic heterocycles. The van der Waals surface area contributed by atoms with E-state index in [0.29, 0.717) is 12.0 Å². The number of ketones is 1. The SMILES string of the molecule is Cc1cccc(Cc2nnc(C(=O)C(NC(=O)Cn3c(-c4ccc(F)cc4)ncc(NC(=O)OCc4ccccc4)c3=O)C(C)C)o2)c1. The summed E-state index contributed by atoms with van der Waals surface area (Å²) in [5.41, 5.74) is 2.04. The van der Waals surface area contributed by atoms with Crippen LogP contribution in [0.4, 0.5) is 14.9 Å². The molecule has 0 saturated heterocycles. The predicted molar refractivity (Wildman–Crippen MR) is 174 cm³/mol. The number of aromatic nitrogens is 4. The van der Waals surface area contributed by atoms with Crippen LogP contribution in [-0.2, 0) is 29.1 Å². The Bertz CT molecular complexity index is 1970. The van der Waals surface area contributed by atoms with Gasteiger partial charge in [0.05, 0.1) is 18.7 Å². The number of benzene rings is 3. The number of hydrogen-bond donors (Lipinski definition) is 2. The zero-order valence-corrected chi connectivity index (χ0v) is 26.5. The number of aryl methyl sites for hydroxylation is 1. The van der Waals surface area contributed by atoms with Crippen LogP contribution in [0.2, 0.25) is 0 Å². The summed E-state index contributed by atoms with van der Waals surface area (Å²) in [5, 5.41) is 13.0. The number of carbonyl (C=O) groups excluding carboxylic acids is 3. The Hall–Kier alpha value is -5.98. The zero-order chi connectivity index (χ0) is 34.2. The Morgan fingerprint density at radius 1 is 0.958 bits per heavy atom. The second-order valence-corrected chi connectivity index (χ2v) is 11.4. The fourth-order valence-electron chi connectivity index (χ4n) is 4.88. The molecule has 2 amide bonds. The molecule has 1 unspecified atom stereocenters. The van der Waals surface area contributed by atoms with E-state index >= 15 is 0 Å². The van der Waals surface area contributed by atoms with Crippen molar-refractivity contribution in [1.29, 1.82) is 0 Å². The van der Waals surface area contributed by atoms with Crippen LogP contribution < -0.4 is 16.2 Å². The number of nitrogens with zero attached hydrogens (tertiary/aromatic N) is 4. The van der Waals surface area contributed by atoms with Gasteiger partial charge in [0.2, 0.25) is 17.6 Å². The molecule has 13 heteroatoms. The average Bonchev–Trinajstić information content (AvgIpc) is 3.53. The number of nitrogens with one attached hydrogen (secondary N) is 2. The summed E-state index contributed by atoms with van der Waals surface area (Å²) in [6.07, 6.45) is 0.548. The topological polar surface area (TPSA) is 158 Å². The standard InChI is InChI=1S/C35H33FN6O6/c1-21(2)30(31(44)33-41-40-29(48-33)17-24-11-7-8-22(3)16-24)39-28(43)19-42-32(25-12-14-26(36)15-13-25)37-18-27(34(42)45)38-35(46)47-20-23-9-5-4-6-10-23/h4-16,18,21,30H,17,19-20H2,1-3H3,(H,38,46)(H,39,43). The molecule has 246 valence electrons. The quantitative estimate of drug-likeness (QED) is 0.175. The fourth-order valence-corrected chi connectivity index (χ4v) is 4.88. The number of ether oxygens (including phenoxy) is 1. The normalized spacial score (nSPS) is 11.6. The van der Waals surface area contributed by atoms with Gasteiger partial charge in [0, 0.05) is 5.56 Å². The number of hydrogen-bond acceptors (Lipinski definition) is 9. The Morgan fingerprint density at radius 2 is 1.69 bits per heavy atom. The lowest BCUT2D eigenvalue weighted by atomic mass is 9.99. The number of anilines is 1. The summed E-state index contributed by atoms with van der Waals surface area (Å²) in [4.78, 5) is 57.3. The van der Waals surface area contributed by atoms with E-state index in [-0.39, 0.29) is 29.9 Å². The van der Waals surface area contributed by atoms with Crippen LogP contribution in [0.1, 0.15) is 47.1 Å². The first kappa shape index (κ1) is 33.4. The molecule has 0 bridgehead atoms. The van der Waals surface area contributed by atoms with Crippen LogP contribution in [0.15, 0.2) is 94.3 Å². The number of Topliss-reactive ketones (excluding diaryl/α,β-unsaturated/α-hetero) is 1. The molecule has 0 aliphatic rings. The molecule has 2 aromatic heterocycles. The third kappa shape index (κ3) is 8.43. The molecule has 1 atom stereocenters. The van der Waals surface area contributed by atoms with E-state index < -0.39 is 47.7 Å². The minimum absolute atomic E-state index is 0.0310. The monoisotopic (exact) mass is 652 g/mol. The first-order valence-corrected chi connectivity index (χ1v) is 15.1.